The Morgan fingerprint density at radius 3 is 0.752 bits per heavy atom. The van der Waals surface area contributed by atoms with Crippen LogP contribution in [0.1, 0.15) is 186 Å². The topological polar surface area (TPSA) is 0 Å². The summed E-state index contributed by atoms with van der Waals surface area (Å²) in [7, 11) is 0. The number of benzene rings is 20. The molecule has 1 aliphatic rings. The summed E-state index contributed by atoms with van der Waals surface area (Å²) in [4.78, 5) is 0. The maximum atomic E-state index is 2.30. The Balaban J connectivity index is 0.000000176. The van der Waals surface area contributed by atoms with Crippen molar-refractivity contribution in [2.45, 2.75) is 200 Å². The number of fused-ring (bicyclic) bond motifs is 21. The van der Waals surface area contributed by atoms with Crippen LogP contribution in [-0.2, 0) is 6.42 Å². The van der Waals surface area contributed by atoms with Gasteiger partial charge in [-0.2, -0.15) is 0 Å². The first kappa shape index (κ1) is 98.0. The van der Waals surface area contributed by atoms with Crippen molar-refractivity contribution in [2.24, 2.45) is 0 Å². The van der Waals surface area contributed by atoms with Gasteiger partial charge in [0.15, 0.2) is 0 Å². The number of rotatable bonds is 0. The standard InChI is InChI=1S/6C16H14.C15H14.7C2H6/c2*1-11-7-9-16-14(12(11)2)10-8-13-5-3-4-6-15(13)16;2*1-11-9-14-8-7-13-5-3-4-6-15(13)16(14)10-12(11)2;2*1-11-7-8-14-10-9-13-5-3-4-6-15(13)16(14)12(11)2;1-10-7-8-14-13-6-4-3-5-12(13)9-15(14)11(10)2;7*1-2/h6*3-10H,1-2H3;3-8H,9H2,1-2H3;7*1-2H3. The Morgan fingerprint density at radius 1 is 0.144 bits per heavy atom. The van der Waals surface area contributed by atoms with Gasteiger partial charge in [-0.25, -0.2) is 0 Å². The van der Waals surface area contributed by atoms with E-state index < -0.39 is 0 Å². The Kier molecular flexibility index (Phi) is 37.6. The van der Waals surface area contributed by atoms with Crippen LogP contribution in [0.4, 0.5) is 0 Å². The van der Waals surface area contributed by atoms with E-state index in [0.717, 1.165) is 6.42 Å². The molecule has 0 radical (unpaired) electrons. The second-order valence-corrected chi connectivity index (χ2v) is 30.8. The van der Waals surface area contributed by atoms with Gasteiger partial charge < -0.3 is 0 Å². The van der Waals surface area contributed by atoms with Crippen molar-refractivity contribution in [3.63, 3.8) is 0 Å². The van der Waals surface area contributed by atoms with Crippen LogP contribution in [0.2, 0.25) is 0 Å². The largest absolute Gasteiger partial charge is 0.0683 e. The molecule has 20 aromatic carbocycles. The van der Waals surface area contributed by atoms with E-state index in [-0.39, 0.29) is 0 Å². The maximum Gasteiger partial charge on any atom is -0.00107 e. The van der Waals surface area contributed by atoms with Gasteiger partial charge in [0.1, 0.15) is 0 Å². The molecular weight excluding hydrogens is 1500 g/mol. The molecule has 0 saturated heterocycles. The SMILES string of the molecule is CC.CC.CC.CC.CC.CC.CC.Cc1cc2ccc3ccccc3c2cc1C.Cc1cc2ccc3ccccc3c2cc1C.Cc1ccc2c(c1C)Cc1ccccc1-2.Cc1ccc2c(ccc3ccccc32)c1C.Cc1ccc2c(ccc3ccccc32)c1C.Cc1ccc2ccc3ccccc3c2c1C.Cc1ccc2ccc3ccccc3c2c1C. The van der Waals surface area contributed by atoms with Gasteiger partial charge in [0.2, 0.25) is 0 Å². The Labute approximate surface area is 752 Å². The second-order valence-electron chi connectivity index (χ2n) is 30.8. The van der Waals surface area contributed by atoms with E-state index in [1.165, 1.54) is 229 Å². The van der Waals surface area contributed by atoms with Crippen molar-refractivity contribution in [3.8, 4) is 11.1 Å². The number of aryl methyl sites for hydroxylation is 13. The van der Waals surface area contributed by atoms with E-state index in [4.69, 9.17) is 0 Å². The summed E-state index contributed by atoms with van der Waals surface area (Å²) in [6.45, 7) is 58.6. The van der Waals surface area contributed by atoms with Crippen LogP contribution in [0.15, 0.2) is 328 Å². The molecule has 0 amide bonds. The maximum absolute atomic E-state index is 2.30. The van der Waals surface area contributed by atoms with Gasteiger partial charge in [-0.1, -0.05) is 425 Å². The zero-order chi connectivity index (χ0) is 91.1. The molecule has 640 valence electrons. The molecule has 20 aromatic rings. The zero-order valence-corrected chi connectivity index (χ0v) is 80.9. The molecule has 0 nitrogen and oxygen atoms in total. The molecule has 0 fully saturated rings. The summed E-state index contributed by atoms with van der Waals surface area (Å²) in [5.41, 5.74) is 25.2. The van der Waals surface area contributed by atoms with E-state index in [2.05, 4.69) is 425 Å². The smallest absolute Gasteiger partial charge is 0.00107 e. The molecule has 0 bridgehead atoms. The Hall–Kier alpha value is -12.5. The van der Waals surface area contributed by atoms with Gasteiger partial charge in [0.05, 0.1) is 0 Å². The van der Waals surface area contributed by atoms with Crippen molar-refractivity contribution in [2.75, 3.05) is 0 Å². The van der Waals surface area contributed by atoms with E-state index >= 15 is 0 Å². The molecule has 0 heterocycles. The zero-order valence-electron chi connectivity index (χ0n) is 80.9. The van der Waals surface area contributed by atoms with Crippen LogP contribution in [0.3, 0.4) is 0 Å². The number of hydrogen-bond acceptors (Lipinski definition) is 0. The summed E-state index contributed by atoms with van der Waals surface area (Å²) in [5, 5.41) is 32.4. The third kappa shape index (κ3) is 22.6. The Morgan fingerprint density at radius 2 is 0.384 bits per heavy atom. The molecule has 0 spiro atoms. The van der Waals surface area contributed by atoms with Crippen LogP contribution in [-0.4, -0.2) is 0 Å². The van der Waals surface area contributed by atoms with Gasteiger partial charge in [-0.15, -0.1) is 0 Å². The highest BCUT2D eigenvalue weighted by molar-refractivity contribution is 6.13. The summed E-state index contributed by atoms with van der Waals surface area (Å²) in [6.07, 6.45) is 1.11. The molecule has 0 unspecified atom stereocenters. The normalized spacial score (nSPS) is 10.4. The lowest BCUT2D eigenvalue weighted by Crippen LogP contribution is -1.89. The van der Waals surface area contributed by atoms with Crippen LogP contribution < -0.4 is 0 Å². The lowest BCUT2D eigenvalue weighted by atomic mass is 9.96. The molecule has 0 saturated carbocycles. The summed E-state index contributed by atoms with van der Waals surface area (Å²) in [6, 6.07) is 118. The van der Waals surface area contributed by atoms with Crippen LogP contribution in [0.25, 0.3) is 140 Å². The first-order valence-electron chi connectivity index (χ1n) is 46.3. The molecule has 0 heteroatoms. The monoisotopic (exact) mass is 1640 g/mol. The second kappa shape index (κ2) is 48.0. The van der Waals surface area contributed by atoms with Crippen LogP contribution in [0, 0.1) is 96.9 Å². The minimum Gasteiger partial charge on any atom is -0.0683 e. The highest BCUT2D eigenvalue weighted by Crippen LogP contribution is 2.40. The van der Waals surface area contributed by atoms with Crippen LogP contribution in [0.5, 0.6) is 0 Å². The summed E-state index contributed by atoms with van der Waals surface area (Å²) < 4.78 is 0. The average Bonchev–Trinajstić information content (AvgIpc) is 1.48. The lowest BCUT2D eigenvalue weighted by Gasteiger charge is -2.09. The molecule has 0 aliphatic heterocycles. The predicted octanol–water partition coefficient (Wildman–Crippen LogP) is 38.7. The minimum atomic E-state index is 1.11. The quantitative estimate of drug-likeness (QED) is 0.133. The average molecular weight is 1640 g/mol. The highest BCUT2D eigenvalue weighted by atomic mass is 14.2. The molecule has 0 aromatic heterocycles. The van der Waals surface area contributed by atoms with E-state index in [0.29, 0.717) is 0 Å². The van der Waals surface area contributed by atoms with Gasteiger partial charge >= 0.3 is 0 Å². The molecule has 125 heavy (non-hydrogen) atoms. The predicted molar refractivity (Wildman–Crippen MR) is 569 cm³/mol. The molecular formula is C125H140. The third-order valence-corrected chi connectivity index (χ3v) is 24.1. The summed E-state index contributed by atoms with van der Waals surface area (Å²) in [5.74, 6) is 0. The third-order valence-electron chi connectivity index (χ3n) is 24.1. The van der Waals surface area contributed by atoms with E-state index in [1.807, 2.05) is 96.9 Å². The van der Waals surface area contributed by atoms with Crippen molar-refractivity contribution < 1.29 is 0 Å². The molecule has 1 aliphatic carbocycles. The van der Waals surface area contributed by atoms with E-state index in [9.17, 15) is 0 Å². The minimum absolute atomic E-state index is 1.11. The number of hydrogen-bond donors (Lipinski definition) is 0. The van der Waals surface area contributed by atoms with Gasteiger partial charge in [-0.05, 0) is 333 Å². The van der Waals surface area contributed by atoms with E-state index in [1.54, 1.807) is 0 Å². The van der Waals surface area contributed by atoms with Crippen molar-refractivity contribution in [1.29, 1.82) is 0 Å². The molecule has 21 rings (SSSR count). The van der Waals surface area contributed by atoms with Crippen molar-refractivity contribution >= 4 is 129 Å². The lowest BCUT2D eigenvalue weighted by molar-refractivity contribution is 1.19. The Bertz CT molecular complexity index is 6490. The molecule has 0 atom stereocenters. The van der Waals surface area contributed by atoms with Gasteiger partial charge in [0, 0.05) is 0 Å². The van der Waals surface area contributed by atoms with Crippen LogP contribution >= 0.6 is 0 Å². The first-order valence-corrected chi connectivity index (χ1v) is 46.3. The van der Waals surface area contributed by atoms with Crippen molar-refractivity contribution in [3.05, 3.63) is 417 Å². The molecule has 0 N–H and O–H groups in total. The fourth-order valence-corrected chi connectivity index (χ4v) is 16.5. The van der Waals surface area contributed by atoms with Crippen molar-refractivity contribution in [1.82, 2.24) is 0 Å². The fraction of sp³-hybridized carbons (Fsp3) is 0.232. The highest BCUT2D eigenvalue weighted by Gasteiger charge is 2.20. The van der Waals surface area contributed by atoms with Gasteiger partial charge in [0.25, 0.3) is 0 Å². The summed E-state index contributed by atoms with van der Waals surface area (Å²) >= 11 is 0. The first-order chi connectivity index (χ1) is 60.9. The fourth-order valence-electron chi connectivity index (χ4n) is 16.5. The van der Waals surface area contributed by atoms with Gasteiger partial charge in [-0.3, -0.25) is 0 Å².